The lowest BCUT2D eigenvalue weighted by molar-refractivity contribution is -0.174. The predicted molar refractivity (Wildman–Crippen MR) is 102 cm³/mol. The van der Waals surface area contributed by atoms with Gasteiger partial charge in [0.2, 0.25) is 5.91 Å². The van der Waals surface area contributed by atoms with E-state index < -0.39 is 12.8 Å². The van der Waals surface area contributed by atoms with Gasteiger partial charge in [-0.2, -0.15) is 13.2 Å². The Bertz CT molecular complexity index is 579. The van der Waals surface area contributed by atoms with Crippen LogP contribution in [0.3, 0.4) is 0 Å². The van der Waals surface area contributed by atoms with Gasteiger partial charge < -0.3 is 15.0 Å². The number of alkyl halides is 3. The lowest BCUT2D eigenvalue weighted by atomic mass is 10.2. The molecule has 1 aromatic carbocycles. The molecule has 9 heteroatoms. The van der Waals surface area contributed by atoms with Crippen LogP contribution in [0.4, 0.5) is 18.9 Å². The van der Waals surface area contributed by atoms with Crippen molar-refractivity contribution in [3.05, 3.63) is 27.8 Å². The quantitative estimate of drug-likeness (QED) is 0.455. The van der Waals surface area contributed by atoms with E-state index in [4.69, 9.17) is 0 Å². The third kappa shape index (κ3) is 8.19. The topological polar surface area (TPSA) is 44.8 Å². The van der Waals surface area contributed by atoms with Crippen molar-refractivity contribution in [1.82, 2.24) is 9.80 Å². The maximum Gasteiger partial charge on any atom is 0.411 e. The molecule has 1 aliphatic heterocycles. The van der Waals surface area contributed by atoms with Crippen LogP contribution in [-0.2, 0) is 9.53 Å². The summed E-state index contributed by atoms with van der Waals surface area (Å²) in [6.45, 7) is 3.11. The number of carbonyl (C=O) groups is 1. The van der Waals surface area contributed by atoms with Crippen molar-refractivity contribution in [2.45, 2.75) is 12.6 Å². The van der Waals surface area contributed by atoms with Gasteiger partial charge in [-0.3, -0.25) is 9.69 Å². The van der Waals surface area contributed by atoms with Gasteiger partial charge >= 0.3 is 6.18 Å². The van der Waals surface area contributed by atoms with Gasteiger partial charge in [0.15, 0.2) is 0 Å². The van der Waals surface area contributed by atoms with Crippen molar-refractivity contribution in [2.75, 3.05) is 57.8 Å². The normalized spacial score (nSPS) is 16.6. The molecule has 1 aromatic rings. The molecule has 146 valence electrons. The Morgan fingerprint density at radius 3 is 2.46 bits per heavy atom. The molecule has 1 aliphatic rings. The fourth-order valence-corrected chi connectivity index (χ4v) is 3.23. The Labute approximate surface area is 165 Å². The molecule has 1 fully saturated rings. The number of hydrogen-bond donors (Lipinski definition) is 1. The first-order valence-electron chi connectivity index (χ1n) is 8.47. The van der Waals surface area contributed by atoms with Gasteiger partial charge in [0, 0.05) is 42.9 Å². The molecule has 0 saturated carbocycles. The van der Waals surface area contributed by atoms with Crippen LogP contribution in [0.25, 0.3) is 0 Å². The summed E-state index contributed by atoms with van der Waals surface area (Å²) in [5.74, 6) is -0.0388. The molecule has 26 heavy (non-hydrogen) atoms. The predicted octanol–water partition coefficient (Wildman–Crippen LogP) is 2.82. The maximum atomic E-state index is 12.2. The van der Waals surface area contributed by atoms with Crippen LogP contribution >= 0.6 is 22.6 Å². The van der Waals surface area contributed by atoms with E-state index in [1.807, 2.05) is 24.3 Å². The highest BCUT2D eigenvalue weighted by atomic mass is 127. The number of nitrogens with zero attached hydrogens (tertiary/aromatic N) is 2. The van der Waals surface area contributed by atoms with E-state index in [9.17, 15) is 18.0 Å². The number of carbonyl (C=O) groups excluding carboxylic acids is 1. The minimum Gasteiger partial charge on any atom is -0.372 e. The van der Waals surface area contributed by atoms with Gasteiger partial charge in [-0.25, -0.2) is 0 Å². The summed E-state index contributed by atoms with van der Waals surface area (Å²) in [4.78, 5) is 16.4. The van der Waals surface area contributed by atoms with Crippen molar-refractivity contribution in [2.24, 2.45) is 0 Å². The second kappa shape index (κ2) is 10.4. The van der Waals surface area contributed by atoms with E-state index in [0.717, 1.165) is 35.4 Å². The van der Waals surface area contributed by atoms with E-state index in [1.165, 1.54) is 0 Å². The lowest BCUT2D eigenvalue weighted by Crippen LogP contribution is -2.48. The molecule has 0 aliphatic carbocycles. The number of nitrogens with one attached hydrogen (secondary N) is 1. The number of rotatable bonds is 8. The first kappa shape index (κ1) is 21.4. The molecule has 5 nitrogen and oxygen atoms in total. The molecule has 1 saturated heterocycles. The number of amides is 1. The summed E-state index contributed by atoms with van der Waals surface area (Å²) >= 11 is 2.18. The van der Waals surface area contributed by atoms with E-state index in [1.54, 1.807) is 0 Å². The Morgan fingerprint density at radius 1 is 1.15 bits per heavy atom. The molecular formula is C17H23F3IN3O2. The zero-order chi connectivity index (χ0) is 19.0. The van der Waals surface area contributed by atoms with Crippen LogP contribution in [0.15, 0.2) is 24.3 Å². The van der Waals surface area contributed by atoms with Gasteiger partial charge in [0.1, 0.15) is 6.61 Å². The number of benzene rings is 1. The molecule has 0 spiro atoms. The first-order chi connectivity index (χ1) is 12.3. The number of para-hydroxylation sites is 1. The summed E-state index contributed by atoms with van der Waals surface area (Å²) in [7, 11) is 0. The van der Waals surface area contributed by atoms with Crippen LogP contribution in [0, 0.1) is 3.57 Å². The highest BCUT2D eigenvalue weighted by Gasteiger charge is 2.27. The maximum absolute atomic E-state index is 12.2. The lowest BCUT2D eigenvalue weighted by Gasteiger charge is -2.34. The minimum absolute atomic E-state index is 0.0388. The van der Waals surface area contributed by atoms with Gasteiger partial charge in [0.25, 0.3) is 0 Å². The van der Waals surface area contributed by atoms with Gasteiger partial charge in [-0.1, -0.05) is 12.1 Å². The average molecular weight is 485 g/mol. The minimum atomic E-state index is -4.26. The Kier molecular flexibility index (Phi) is 8.58. The monoisotopic (exact) mass is 485 g/mol. The molecule has 0 bridgehead atoms. The van der Waals surface area contributed by atoms with Crippen molar-refractivity contribution in [3.8, 4) is 0 Å². The summed E-state index contributed by atoms with van der Waals surface area (Å²) in [6.07, 6.45) is -3.69. The average Bonchev–Trinajstić information content (AvgIpc) is 2.57. The second-order valence-corrected chi connectivity index (χ2v) is 7.33. The summed E-state index contributed by atoms with van der Waals surface area (Å²) in [5, 5.41) is 2.92. The third-order valence-corrected chi connectivity index (χ3v) is 4.95. The van der Waals surface area contributed by atoms with Crippen LogP contribution < -0.4 is 5.32 Å². The smallest absolute Gasteiger partial charge is 0.372 e. The fraction of sp³-hybridized carbons (Fsp3) is 0.588. The number of piperazine rings is 1. The zero-order valence-electron chi connectivity index (χ0n) is 14.4. The van der Waals surface area contributed by atoms with Crippen LogP contribution in [0.1, 0.15) is 6.42 Å². The van der Waals surface area contributed by atoms with Crippen LogP contribution in [0.2, 0.25) is 0 Å². The Balaban J connectivity index is 1.59. The van der Waals surface area contributed by atoms with E-state index in [2.05, 4.69) is 42.4 Å². The molecule has 1 heterocycles. The molecule has 0 atom stereocenters. The largest absolute Gasteiger partial charge is 0.411 e. The number of hydrogen-bond acceptors (Lipinski definition) is 4. The van der Waals surface area contributed by atoms with E-state index in [0.29, 0.717) is 19.5 Å². The van der Waals surface area contributed by atoms with Crippen molar-refractivity contribution >= 4 is 34.2 Å². The standard InChI is InChI=1S/C17H23F3IN3O2/c18-17(19,20)13-26-11-3-6-23-7-9-24(10-8-23)12-16(25)22-15-5-2-1-4-14(15)21/h1-2,4-5H,3,6-13H2,(H,22,25). The SMILES string of the molecule is O=C(CN1CCN(CCCOCC(F)(F)F)CC1)Nc1ccccc1I. The molecule has 0 unspecified atom stereocenters. The molecule has 1 amide bonds. The van der Waals surface area contributed by atoms with Crippen LogP contribution in [0.5, 0.6) is 0 Å². The fourth-order valence-electron chi connectivity index (χ4n) is 2.70. The number of ether oxygens (including phenoxy) is 1. The summed E-state index contributed by atoms with van der Waals surface area (Å²) < 4.78 is 41.5. The molecule has 1 N–H and O–H groups in total. The van der Waals surface area contributed by atoms with Gasteiger partial charge in [-0.05, 0) is 41.1 Å². The second-order valence-electron chi connectivity index (χ2n) is 6.17. The molecule has 2 rings (SSSR count). The van der Waals surface area contributed by atoms with Gasteiger partial charge in [-0.15, -0.1) is 0 Å². The number of anilines is 1. The third-order valence-electron chi connectivity index (χ3n) is 4.01. The molecule has 0 aromatic heterocycles. The highest BCUT2D eigenvalue weighted by Crippen LogP contribution is 2.17. The summed E-state index contributed by atoms with van der Waals surface area (Å²) in [6, 6.07) is 7.62. The first-order valence-corrected chi connectivity index (χ1v) is 9.55. The van der Waals surface area contributed by atoms with Crippen molar-refractivity contribution in [3.63, 3.8) is 0 Å². The van der Waals surface area contributed by atoms with Crippen molar-refractivity contribution in [1.29, 1.82) is 0 Å². The highest BCUT2D eigenvalue weighted by molar-refractivity contribution is 14.1. The van der Waals surface area contributed by atoms with Crippen molar-refractivity contribution < 1.29 is 22.7 Å². The Hall–Kier alpha value is -0.910. The zero-order valence-corrected chi connectivity index (χ0v) is 16.6. The van der Waals surface area contributed by atoms with Crippen LogP contribution in [-0.4, -0.2) is 74.4 Å². The Morgan fingerprint density at radius 2 is 1.81 bits per heavy atom. The number of halogens is 4. The molecule has 0 radical (unpaired) electrons. The van der Waals surface area contributed by atoms with E-state index >= 15 is 0 Å². The molecular weight excluding hydrogens is 462 g/mol. The van der Waals surface area contributed by atoms with E-state index in [-0.39, 0.29) is 12.5 Å². The van der Waals surface area contributed by atoms with Gasteiger partial charge in [0.05, 0.1) is 12.2 Å². The summed E-state index contributed by atoms with van der Waals surface area (Å²) in [5.41, 5.74) is 0.815.